The fourth-order valence-electron chi connectivity index (χ4n) is 2.96. The quantitative estimate of drug-likeness (QED) is 0.273. The van der Waals surface area contributed by atoms with Gasteiger partial charge in [-0.2, -0.15) is 0 Å². The molecule has 0 spiro atoms. The molecule has 0 unspecified atom stereocenters. The largest absolute Gasteiger partial charge is 0.507 e. The van der Waals surface area contributed by atoms with E-state index in [1.54, 1.807) is 24.3 Å². The zero-order chi connectivity index (χ0) is 18.2. The zero-order valence-corrected chi connectivity index (χ0v) is 15.9. The molecule has 1 aromatic carbocycles. The van der Waals surface area contributed by atoms with E-state index in [-0.39, 0.29) is 11.5 Å². The van der Waals surface area contributed by atoms with Gasteiger partial charge in [0.25, 0.3) is 0 Å². The Morgan fingerprint density at radius 1 is 0.720 bits per heavy atom. The zero-order valence-electron chi connectivity index (χ0n) is 15.9. The molecule has 0 aliphatic carbocycles. The normalized spacial score (nSPS) is 11.7. The van der Waals surface area contributed by atoms with Gasteiger partial charge in [0.15, 0.2) is 0 Å². The van der Waals surface area contributed by atoms with Crippen LogP contribution >= 0.6 is 0 Å². The van der Waals surface area contributed by atoms with E-state index < -0.39 is 0 Å². The van der Waals surface area contributed by atoms with Gasteiger partial charge in [0.1, 0.15) is 11.5 Å². The molecule has 0 heterocycles. The highest BCUT2D eigenvalue weighted by atomic mass is 16.3. The fourth-order valence-corrected chi connectivity index (χ4v) is 2.96. The molecular formula is C23H36O2. The predicted molar refractivity (Wildman–Crippen MR) is 109 cm³/mol. The first kappa shape index (κ1) is 21.3. The van der Waals surface area contributed by atoms with Crippen LogP contribution < -0.4 is 0 Å². The molecule has 0 atom stereocenters. The topological polar surface area (TPSA) is 40.5 Å². The highest BCUT2D eigenvalue weighted by molar-refractivity contribution is 5.64. The Hall–Kier alpha value is -1.70. The number of allylic oxidation sites excluding steroid dienone is 3. The van der Waals surface area contributed by atoms with Crippen LogP contribution in [-0.2, 0) is 0 Å². The number of rotatable bonds is 14. The molecule has 2 nitrogen and oxygen atoms in total. The first-order valence-corrected chi connectivity index (χ1v) is 10.1. The van der Waals surface area contributed by atoms with E-state index in [0.717, 1.165) is 6.42 Å². The van der Waals surface area contributed by atoms with Crippen molar-refractivity contribution in [1.82, 2.24) is 0 Å². The number of aromatic hydroxyl groups is 2. The Bertz CT molecular complexity index is 483. The van der Waals surface area contributed by atoms with E-state index in [2.05, 4.69) is 13.0 Å². The SMILES string of the molecule is CCCCCCCCCCCCCC=CC=Cc1c(O)cccc1O. The van der Waals surface area contributed by atoms with Crippen molar-refractivity contribution in [3.05, 3.63) is 42.0 Å². The van der Waals surface area contributed by atoms with Crippen LogP contribution in [0.1, 0.15) is 89.5 Å². The Morgan fingerprint density at radius 2 is 1.24 bits per heavy atom. The number of benzene rings is 1. The molecule has 0 saturated heterocycles. The summed E-state index contributed by atoms with van der Waals surface area (Å²) in [7, 11) is 0. The van der Waals surface area contributed by atoms with Crippen molar-refractivity contribution in [1.29, 1.82) is 0 Å². The minimum Gasteiger partial charge on any atom is -0.507 e. The van der Waals surface area contributed by atoms with Gasteiger partial charge in [-0.15, -0.1) is 0 Å². The average Bonchev–Trinajstić information content (AvgIpc) is 2.60. The number of phenols is 2. The van der Waals surface area contributed by atoms with Crippen LogP contribution in [0.2, 0.25) is 0 Å². The first-order chi connectivity index (χ1) is 12.3. The summed E-state index contributed by atoms with van der Waals surface area (Å²) in [5.41, 5.74) is 0.474. The molecule has 2 N–H and O–H groups in total. The second kappa shape index (κ2) is 14.6. The fraction of sp³-hybridized carbons (Fsp3) is 0.565. The van der Waals surface area contributed by atoms with Crippen LogP contribution in [0.5, 0.6) is 11.5 Å². The van der Waals surface area contributed by atoms with Crippen molar-refractivity contribution in [3.8, 4) is 11.5 Å². The first-order valence-electron chi connectivity index (χ1n) is 10.1. The van der Waals surface area contributed by atoms with Crippen LogP contribution in [0.15, 0.2) is 36.4 Å². The van der Waals surface area contributed by atoms with E-state index in [1.165, 1.54) is 70.6 Å². The molecule has 1 aromatic rings. The van der Waals surface area contributed by atoms with Gasteiger partial charge in [-0.3, -0.25) is 0 Å². The maximum atomic E-state index is 9.67. The summed E-state index contributed by atoms with van der Waals surface area (Å²) in [4.78, 5) is 0. The van der Waals surface area contributed by atoms with Crippen molar-refractivity contribution < 1.29 is 10.2 Å². The highest BCUT2D eigenvalue weighted by Gasteiger charge is 2.01. The lowest BCUT2D eigenvalue weighted by Gasteiger charge is -2.01. The standard InChI is InChI=1S/C23H36O2/c1-2-3-4-5-6-7-8-9-10-11-12-13-14-15-16-18-21-22(24)19-17-20-23(21)25/h14-20,24-25H,2-13H2,1H3. The van der Waals surface area contributed by atoms with Crippen LogP contribution in [0.25, 0.3) is 6.08 Å². The smallest absolute Gasteiger partial charge is 0.126 e. The number of phenolic OH excluding ortho intramolecular Hbond substituents is 2. The summed E-state index contributed by atoms with van der Waals surface area (Å²) < 4.78 is 0. The van der Waals surface area contributed by atoms with Crippen molar-refractivity contribution in [3.63, 3.8) is 0 Å². The highest BCUT2D eigenvalue weighted by Crippen LogP contribution is 2.27. The van der Waals surface area contributed by atoms with Crippen molar-refractivity contribution in [2.24, 2.45) is 0 Å². The molecule has 140 valence electrons. The molecule has 0 bridgehead atoms. The lowest BCUT2D eigenvalue weighted by atomic mass is 10.1. The summed E-state index contributed by atoms with van der Waals surface area (Å²) in [6.45, 7) is 2.27. The van der Waals surface area contributed by atoms with Crippen LogP contribution in [0, 0.1) is 0 Å². The van der Waals surface area contributed by atoms with Crippen molar-refractivity contribution >= 4 is 6.08 Å². The molecule has 0 aliphatic heterocycles. The predicted octanol–water partition coefficient (Wildman–Crippen LogP) is 7.37. The summed E-state index contributed by atoms with van der Waals surface area (Å²) in [6.07, 6.45) is 23.9. The van der Waals surface area contributed by atoms with Gasteiger partial charge in [0.2, 0.25) is 0 Å². The number of unbranched alkanes of at least 4 members (excludes halogenated alkanes) is 11. The van der Waals surface area contributed by atoms with E-state index in [0.29, 0.717) is 5.56 Å². The Labute approximate surface area is 154 Å². The maximum Gasteiger partial charge on any atom is 0.126 e. The molecule has 25 heavy (non-hydrogen) atoms. The lowest BCUT2D eigenvalue weighted by molar-refractivity contribution is 0.448. The molecule has 0 aromatic heterocycles. The molecule has 0 amide bonds. The Morgan fingerprint density at radius 3 is 1.80 bits per heavy atom. The summed E-state index contributed by atoms with van der Waals surface area (Å²) in [6, 6.07) is 4.78. The molecule has 0 radical (unpaired) electrons. The lowest BCUT2D eigenvalue weighted by Crippen LogP contribution is -1.81. The molecule has 1 rings (SSSR count). The number of hydrogen-bond donors (Lipinski definition) is 2. The molecule has 0 aliphatic rings. The maximum absolute atomic E-state index is 9.67. The summed E-state index contributed by atoms with van der Waals surface area (Å²) >= 11 is 0. The Balaban J connectivity index is 1.98. The molecular weight excluding hydrogens is 308 g/mol. The van der Waals surface area contributed by atoms with Gasteiger partial charge < -0.3 is 10.2 Å². The van der Waals surface area contributed by atoms with Gasteiger partial charge in [0, 0.05) is 0 Å². The average molecular weight is 345 g/mol. The van der Waals surface area contributed by atoms with E-state index in [9.17, 15) is 10.2 Å². The molecule has 0 fully saturated rings. The third-order valence-corrected chi connectivity index (χ3v) is 4.54. The Kier molecular flexibility index (Phi) is 12.5. The van der Waals surface area contributed by atoms with Gasteiger partial charge in [0.05, 0.1) is 5.56 Å². The summed E-state index contributed by atoms with van der Waals surface area (Å²) in [5, 5.41) is 19.3. The van der Waals surface area contributed by atoms with Gasteiger partial charge in [-0.1, -0.05) is 95.4 Å². The monoisotopic (exact) mass is 344 g/mol. The molecule has 0 saturated carbocycles. The second-order valence-electron chi connectivity index (χ2n) is 6.82. The van der Waals surface area contributed by atoms with Gasteiger partial charge in [-0.25, -0.2) is 0 Å². The molecule has 2 heteroatoms. The van der Waals surface area contributed by atoms with Crippen molar-refractivity contribution in [2.45, 2.75) is 84.0 Å². The van der Waals surface area contributed by atoms with Crippen LogP contribution in [0.3, 0.4) is 0 Å². The second-order valence-corrected chi connectivity index (χ2v) is 6.82. The van der Waals surface area contributed by atoms with Gasteiger partial charge >= 0.3 is 0 Å². The van der Waals surface area contributed by atoms with Crippen LogP contribution in [-0.4, -0.2) is 10.2 Å². The van der Waals surface area contributed by atoms with E-state index >= 15 is 0 Å². The van der Waals surface area contributed by atoms with E-state index in [1.807, 2.05) is 12.2 Å². The summed E-state index contributed by atoms with van der Waals surface area (Å²) in [5.74, 6) is 0.213. The van der Waals surface area contributed by atoms with Crippen molar-refractivity contribution in [2.75, 3.05) is 0 Å². The third kappa shape index (κ3) is 10.7. The van der Waals surface area contributed by atoms with E-state index in [4.69, 9.17) is 0 Å². The van der Waals surface area contributed by atoms with Gasteiger partial charge in [-0.05, 0) is 31.1 Å². The minimum atomic E-state index is 0.106. The van der Waals surface area contributed by atoms with Crippen LogP contribution in [0.4, 0.5) is 0 Å². The third-order valence-electron chi connectivity index (χ3n) is 4.54. The minimum absolute atomic E-state index is 0.106. The number of hydrogen-bond acceptors (Lipinski definition) is 2.